The van der Waals surface area contributed by atoms with Crippen molar-refractivity contribution < 1.29 is 19.4 Å². The van der Waals surface area contributed by atoms with Crippen LogP contribution in [0.1, 0.15) is 23.2 Å². The number of hydrogen-bond donors (Lipinski definition) is 1. The normalized spacial score (nSPS) is 26.3. The predicted molar refractivity (Wildman–Crippen MR) is 98.9 cm³/mol. The largest absolute Gasteiger partial charge is 0.478 e. The Bertz CT molecular complexity index is 721. The number of carbonyl (C=O) groups is 2. The highest BCUT2D eigenvalue weighted by Gasteiger charge is 2.50. The lowest BCUT2D eigenvalue weighted by atomic mass is 9.85. The standard InChI is InChI=1S/C19H26N4O4/c24-17(25)15-1-4-20-16(13-15)23-6-3-19(14-23)2-5-22(18(19)26)8-7-21-9-11-27-12-10-21/h1,4,13H,2-3,5-12,14H2,(H,24,25). The van der Waals surface area contributed by atoms with Crippen LogP contribution in [0.25, 0.3) is 0 Å². The van der Waals surface area contributed by atoms with Gasteiger partial charge in [-0.05, 0) is 25.0 Å². The number of aromatic nitrogens is 1. The molecule has 0 saturated carbocycles. The first kappa shape index (κ1) is 18.2. The molecule has 3 saturated heterocycles. The lowest BCUT2D eigenvalue weighted by Gasteiger charge is -2.29. The Morgan fingerprint density at radius 1 is 1.19 bits per heavy atom. The fraction of sp³-hybridized carbons (Fsp3) is 0.632. The van der Waals surface area contributed by atoms with Gasteiger partial charge in [-0.25, -0.2) is 9.78 Å². The summed E-state index contributed by atoms with van der Waals surface area (Å²) < 4.78 is 5.38. The topological polar surface area (TPSA) is 86.2 Å². The third-order valence-corrected chi connectivity index (χ3v) is 6.06. The Hall–Kier alpha value is -2.19. The molecule has 1 aromatic heterocycles. The van der Waals surface area contributed by atoms with Crippen LogP contribution in [0, 0.1) is 5.41 Å². The fourth-order valence-electron chi connectivity index (χ4n) is 4.36. The van der Waals surface area contributed by atoms with Crippen LogP contribution < -0.4 is 4.90 Å². The Morgan fingerprint density at radius 3 is 2.74 bits per heavy atom. The number of morpholine rings is 1. The zero-order valence-corrected chi connectivity index (χ0v) is 15.5. The van der Waals surface area contributed by atoms with Gasteiger partial charge in [0.05, 0.1) is 24.2 Å². The minimum absolute atomic E-state index is 0.228. The van der Waals surface area contributed by atoms with Crippen molar-refractivity contribution in [1.29, 1.82) is 0 Å². The average molecular weight is 374 g/mol. The molecule has 1 atom stereocenters. The number of carboxylic acid groups (broad SMARTS) is 1. The molecule has 4 heterocycles. The van der Waals surface area contributed by atoms with Crippen LogP contribution in [0.15, 0.2) is 18.3 Å². The summed E-state index contributed by atoms with van der Waals surface area (Å²) in [6.45, 7) is 7.25. The van der Waals surface area contributed by atoms with Crippen molar-refractivity contribution in [3.05, 3.63) is 23.9 Å². The van der Waals surface area contributed by atoms with Gasteiger partial charge in [0.1, 0.15) is 5.82 Å². The summed E-state index contributed by atoms with van der Waals surface area (Å²) in [5.74, 6) is -0.0715. The Labute approximate surface area is 158 Å². The van der Waals surface area contributed by atoms with Crippen molar-refractivity contribution in [3.8, 4) is 0 Å². The van der Waals surface area contributed by atoms with Crippen LogP contribution in [0.4, 0.5) is 5.82 Å². The van der Waals surface area contributed by atoms with E-state index < -0.39 is 5.97 Å². The van der Waals surface area contributed by atoms with Crippen LogP contribution in [0.2, 0.25) is 0 Å². The number of amides is 1. The van der Waals surface area contributed by atoms with Crippen LogP contribution in [-0.4, -0.2) is 90.8 Å². The molecule has 0 aromatic carbocycles. The molecular formula is C19H26N4O4. The number of nitrogens with zero attached hydrogens (tertiary/aromatic N) is 4. The van der Waals surface area contributed by atoms with E-state index >= 15 is 0 Å². The number of rotatable bonds is 5. The second-order valence-electron chi connectivity index (χ2n) is 7.66. The van der Waals surface area contributed by atoms with Crippen LogP contribution in [-0.2, 0) is 9.53 Å². The number of aromatic carboxylic acids is 1. The van der Waals surface area contributed by atoms with Gasteiger partial charge >= 0.3 is 5.97 Å². The third-order valence-electron chi connectivity index (χ3n) is 6.06. The van der Waals surface area contributed by atoms with Crippen LogP contribution in [0.3, 0.4) is 0 Å². The molecular weight excluding hydrogens is 348 g/mol. The van der Waals surface area contributed by atoms with E-state index in [4.69, 9.17) is 4.74 Å². The number of likely N-dealkylation sites (tertiary alicyclic amines) is 1. The zero-order valence-electron chi connectivity index (χ0n) is 15.5. The van der Waals surface area contributed by atoms with E-state index in [1.807, 2.05) is 4.90 Å². The van der Waals surface area contributed by atoms with E-state index in [0.717, 1.165) is 65.3 Å². The molecule has 8 heteroatoms. The maximum absolute atomic E-state index is 13.1. The van der Waals surface area contributed by atoms with Crippen molar-refractivity contribution >= 4 is 17.7 Å². The molecule has 146 valence electrons. The molecule has 0 radical (unpaired) electrons. The summed E-state index contributed by atoms with van der Waals surface area (Å²) in [5.41, 5.74) is -0.114. The van der Waals surface area contributed by atoms with Gasteiger partial charge in [0, 0.05) is 52.0 Å². The van der Waals surface area contributed by atoms with Crippen LogP contribution in [0.5, 0.6) is 0 Å². The third kappa shape index (κ3) is 3.64. The highest BCUT2D eigenvalue weighted by Crippen LogP contribution is 2.41. The SMILES string of the molecule is O=C(O)c1ccnc(N2CCC3(CCN(CCN4CCOCC4)C3=O)C2)c1. The first-order valence-electron chi connectivity index (χ1n) is 9.61. The summed E-state index contributed by atoms with van der Waals surface area (Å²) in [6.07, 6.45) is 3.19. The first-order valence-corrected chi connectivity index (χ1v) is 9.61. The Kier molecular flexibility index (Phi) is 5.01. The maximum Gasteiger partial charge on any atom is 0.335 e. The number of hydrogen-bond acceptors (Lipinski definition) is 6. The number of anilines is 1. The quantitative estimate of drug-likeness (QED) is 0.805. The Balaban J connectivity index is 1.38. The number of carboxylic acids is 1. The molecule has 3 aliphatic heterocycles. The van der Waals surface area contributed by atoms with E-state index in [1.54, 1.807) is 6.07 Å². The maximum atomic E-state index is 13.1. The van der Waals surface area contributed by atoms with Gasteiger partial charge in [-0.2, -0.15) is 0 Å². The molecule has 0 aliphatic carbocycles. The number of pyridine rings is 1. The molecule has 3 fully saturated rings. The summed E-state index contributed by atoms with van der Waals surface area (Å²) in [7, 11) is 0. The molecule has 1 unspecified atom stereocenters. The molecule has 1 amide bonds. The summed E-state index contributed by atoms with van der Waals surface area (Å²) in [4.78, 5) is 35.0. The van der Waals surface area contributed by atoms with Gasteiger partial charge < -0.3 is 19.6 Å². The predicted octanol–water partition coefficient (Wildman–Crippen LogP) is 0.541. The van der Waals surface area contributed by atoms with Gasteiger partial charge in [0.2, 0.25) is 5.91 Å². The zero-order chi connectivity index (χ0) is 18.9. The Morgan fingerprint density at radius 2 is 1.96 bits per heavy atom. The first-order chi connectivity index (χ1) is 13.1. The monoisotopic (exact) mass is 374 g/mol. The van der Waals surface area contributed by atoms with E-state index in [9.17, 15) is 14.7 Å². The molecule has 1 aromatic rings. The fourth-order valence-corrected chi connectivity index (χ4v) is 4.36. The summed E-state index contributed by atoms with van der Waals surface area (Å²) in [5, 5.41) is 9.18. The molecule has 1 spiro atoms. The number of carbonyl (C=O) groups excluding carboxylic acids is 1. The molecule has 1 N–H and O–H groups in total. The molecule has 0 bridgehead atoms. The van der Waals surface area contributed by atoms with E-state index in [0.29, 0.717) is 12.4 Å². The van der Waals surface area contributed by atoms with Crippen molar-refractivity contribution in [2.24, 2.45) is 5.41 Å². The second-order valence-corrected chi connectivity index (χ2v) is 7.66. The highest BCUT2D eigenvalue weighted by atomic mass is 16.5. The van der Waals surface area contributed by atoms with E-state index in [2.05, 4.69) is 14.8 Å². The smallest absolute Gasteiger partial charge is 0.335 e. The van der Waals surface area contributed by atoms with Crippen molar-refractivity contribution in [2.75, 3.05) is 63.9 Å². The van der Waals surface area contributed by atoms with Gasteiger partial charge in [0.25, 0.3) is 0 Å². The van der Waals surface area contributed by atoms with E-state index in [-0.39, 0.29) is 16.9 Å². The van der Waals surface area contributed by atoms with Crippen molar-refractivity contribution in [3.63, 3.8) is 0 Å². The van der Waals surface area contributed by atoms with Gasteiger partial charge in [-0.15, -0.1) is 0 Å². The van der Waals surface area contributed by atoms with Gasteiger partial charge in [-0.3, -0.25) is 9.69 Å². The second kappa shape index (κ2) is 7.44. The minimum Gasteiger partial charge on any atom is -0.478 e. The molecule has 4 rings (SSSR count). The lowest BCUT2D eigenvalue weighted by molar-refractivity contribution is -0.135. The summed E-state index contributed by atoms with van der Waals surface area (Å²) in [6, 6.07) is 3.09. The van der Waals surface area contributed by atoms with Crippen molar-refractivity contribution in [1.82, 2.24) is 14.8 Å². The number of ether oxygens (including phenoxy) is 1. The highest BCUT2D eigenvalue weighted by molar-refractivity contribution is 5.89. The van der Waals surface area contributed by atoms with E-state index in [1.165, 1.54) is 12.3 Å². The minimum atomic E-state index is -0.959. The molecule has 27 heavy (non-hydrogen) atoms. The lowest BCUT2D eigenvalue weighted by Crippen LogP contribution is -2.43. The molecule has 3 aliphatic rings. The van der Waals surface area contributed by atoms with Crippen molar-refractivity contribution in [2.45, 2.75) is 12.8 Å². The van der Waals surface area contributed by atoms with Crippen LogP contribution >= 0.6 is 0 Å². The average Bonchev–Trinajstić information content (AvgIpc) is 3.26. The summed E-state index contributed by atoms with van der Waals surface area (Å²) >= 11 is 0. The molecule has 8 nitrogen and oxygen atoms in total. The van der Waals surface area contributed by atoms with Gasteiger partial charge in [-0.1, -0.05) is 0 Å². The van der Waals surface area contributed by atoms with Gasteiger partial charge in [0.15, 0.2) is 0 Å².